The van der Waals surface area contributed by atoms with Crippen LogP contribution in [-0.2, 0) is 4.79 Å². The molecule has 2 amide bonds. The van der Waals surface area contributed by atoms with E-state index in [-0.39, 0.29) is 11.8 Å². The lowest BCUT2D eigenvalue weighted by atomic mass is 10.1. The highest BCUT2D eigenvalue weighted by Crippen LogP contribution is 2.28. The molecule has 0 aliphatic heterocycles. The smallest absolute Gasteiger partial charge is 0.251 e. The Balaban J connectivity index is 1.56. The Morgan fingerprint density at radius 2 is 1.38 bits per heavy atom. The normalized spacial score (nSPS) is 10.4. The van der Waals surface area contributed by atoms with Crippen molar-refractivity contribution in [1.82, 2.24) is 30.6 Å². The summed E-state index contributed by atoms with van der Waals surface area (Å²) in [6, 6.07) is 10.6. The zero-order chi connectivity index (χ0) is 22.6. The van der Waals surface area contributed by atoms with Gasteiger partial charge in [0, 0.05) is 50.4 Å². The summed E-state index contributed by atoms with van der Waals surface area (Å²) < 4.78 is 0. The average molecular weight is 434 g/mol. The Morgan fingerprint density at radius 3 is 1.94 bits per heavy atom. The topological polar surface area (TPSA) is 113 Å². The molecule has 2 heterocycles. The van der Waals surface area contributed by atoms with Crippen LogP contribution in [0.4, 0.5) is 17.6 Å². The van der Waals surface area contributed by atoms with Gasteiger partial charge in [-0.05, 0) is 49.2 Å². The van der Waals surface area contributed by atoms with Crippen LogP contribution < -0.4 is 15.5 Å². The molecule has 2 aromatic heterocycles. The highest BCUT2D eigenvalue weighted by atomic mass is 16.2. The Morgan fingerprint density at radius 1 is 0.812 bits per heavy atom. The summed E-state index contributed by atoms with van der Waals surface area (Å²) in [6.45, 7) is 0.600. The number of amides is 2. The van der Waals surface area contributed by atoms with E-state index >= 15 is 0 Å². The van der Waals surface area contributed by atoms with Crippen LogP contribution in [0.2, 0.25) is 0 Å². The van der Waals surface area contributed by atoms with Crippen LogP contribution in [-0.4, -0.2) is 45.3 Å². The second-order valence-corrected chi connectivity index (χ2v) is 7.07. The van der Waals surface area contributed by atoms with Gasteiger partial charge in [-0.15, -0.1) is 0 Å². The summed E-state index contributed by atoms with van der Waals surface area (Å²) in [7, 11) is 1.65. The van der Waals surface area contributed by atoms with E-state index in [9.17, 15) is 9.59 Å². The van der Waals surface area contributed by atoms with Crippen LogP contribution in [0.5, 0.6) is 0 Å². The molecule has 3 aromatic rings. The fourth-order valence-electron chi connectivity index (χ4n) is 3.09. The lowest BCUT2D eigenvalue weighted by Gasteiger charge is -2.20. The molecule has 0 saturated carbocycles. The summed E-state index contributed by atoms with van der Waals surface area (Å²) >= 11 is 0. The minimum atomic E-state index is -0.125. The predicted molar refractivity (Wildman–Crippen MR) is 122 cm³/mol. The molecule has 166 valence electrons. The molecule has 0 radical (unpaired) electrons. The zero-order valence-corrected chi connectivity index (χ0v) is 18.1. The molecule has 0 spiro atoms. The van der Waals surface area contributed by atoms with Gasteiger partial charge < -0.3 is 10.6 Å². The van der Waals surface area contributed by atoms with Crippen LogP contribution in [0, 0.1) is 0 Å². The van der Waals surface area contributed by atoms with Crippen molar-refractivity contribution < 1.29 is 9.59 Å². The second-order valence-electron chi connectivity index (χ2n) is 7.07. The first-order chi connectivity index (χ1) is 15.7. The van der Waals surface area contributed by atoms with Crippen LogP contribution >= 0.6 is 0 Å². The van der Waals surface area contributed by atoms with E-state index in [0.717, 1.165) is 31.4 Å². The zero-order valence-electron chi connectivity index (χ0n) is 18.1. The van der Waals surface area contributed by atoms with Crippen molar-refractivity contribution in [3.63, 3.8) is 0 Å². The first kappa shape index (κ1) is 22.8. The number of carbonyl (C=O) groups excluding carboxylic acids is 2. The van der Waals surface area contributed by atoms with Crippen molar-refractivity contribution in [3.8, 4) is 0 Å². The molecule has 0 saturated heterocycles. The largest absolute Gasteiger partial charge is 0.359 e. The van der Waals surface area contributed by atoms with Crippen molar-refractivity contribution in [1.29, 1.82) is 0 Å². The number of rotatable bonds is 11. The third-order valence-electron chi connectivity index (χ3n) is 4.79. The van der Waals surface area contributed by atoms with E-state index in [0.29, 0.717) is 30.4 Å². The molecule has 0 aliphatic rings. The monoisotopic (exact) mass is 433 g/mol. The van der Waals surface area contributed by atoms with E-state index in [1.54, 1.807) is 61.0 Å². The van der Waals surface area contributed by atoms with E-state index in [1.165, 1.54) is 0 Å². The minimum Gasteiger partial charge on any atom is -0.359 e. The van der Waals surface area contributed by atoms with E-state index < -0.39 is 0 Å². The van der Waals surface area contributed by atoms with Gasteiger partial charge in [0.2, 0.25) is 17.8 Å². The summed E-state index contributed by atoms with van der Waals surface area (Å²) in [5.74, 6) is 0.818. The number of anilines is 3. The first-order valence-electron chi connectivity index (χ1n) is 10.6. The Hall–Kier alpha value is -3.88. The third-order valence-corrected chi connectivity index (χ3v) is 4.79. The maximum Gasteiger partial charge on any atom is 0.251 e. The van der Waals surface area contributed by atoms with Gasteiger partial charge in [0.25, 0.3) is 5.91 Å². The number of hydrogen-bond donors (Lipinski definition) is 2. The Bertz CT molecular complexity index is 943. The number of hydrogen-bond acceptors (Lipinski definition) is 7. The molecule has 0 bridgehead atoms. The standard InChI is InChI=1S/C23H27N7O2/c1-24-20(31)8-4-2-3-5-13-25-21(32)18-9-11-19(12-10-18)30(22-26-14-6-15-27-22)23-28-16-7-17-29-23/h6-7,9-12,14-17H,2-5,8,13H2,1H3,(H,24,31)(H,25,32). The summed E-state index contributed by atoms with van der Waals surface area (Å²) in [6.07, 6.45) is 10.8. The van der Waals surface area contributed by atoms with E-state index in [4.69, 9.17) is 0 Å². The summed E-state index contributed by atoms with van der Waals surface area (Å²) in [4.78, 5) is 42.6. The van der Waals surface area contributed by atoms with Gasteiger partial charge in [-0.1, -0.05) is 12.8 Å². The molecule has 32 heavy (non-hydrogen) atoms. The lowest BCUT2D eigenvalue weighted by Crippen LogP contribution is -2.24. The van der Waals surface area contributed by atoms with Crippen molar-refractivity contribution in [2.75, 3.05) is 18.5 Å². The van der Waals surface area contributed by atoms with Gasteiger partial charge in [-0.25, -0.2) is 24.8 Å². The molecule has 1 aromatic carbocycles. The van der Waals surface area contributed by atoms with Crippen LogP contribution in [0.25, 0.3) is 0 Å². The van der Waals surface area contributed by atoms with Crippen molar-refractivity contribution in [3.05, 3.63) is 66.7 Å². The van der Waals surface area contributed by atoms with Crippen molar-refractivity contribution in [2.45, 2.75) is 32.1 Å². The molecule has 0 atom stereocenters. The lowest BCUT2D eigenvalue weighted by molar-refractivity contribution is -0.120. The number of aromatic nitrogens is 4. The summed E-state index contributed by atoms with van der Waals surface area (Å²) in [5.41, 5.74) is 1.31. The van der Waals surface area contributed by atoms with Crippen LogP contribution in [0.3, 0.4) is 0 Å². The molecule has 9 nitrogen and oxygen atoms in total. The first-order valence-corrected chi connectivity index (χ1v) is 10.6. The van der Waals surface area contributed by atoms with Gasteiger partial charge in [-0.2, -0.15) is 0 Å². The van der Waals surface area contributed by atoms with Gasteiger partial charge in [-0.3, -0.25) is 9.59 Å². The highest BCUT2D eigenvalue weighted by Gasteiger charge is 2.17. The number of nitrogens with one attached hydrogen (secondary N) is 2. The van der Waals surface area contributed by atoms with Crippen molar-refractivity contribution in [2.24, 2.45) is 0 Å². The molecule has 9 heteroatoms. The SMILES string of the molecule is CNC(=O)CCCCCCNC(=O)c1ccc(N(c2ncccn2)c2ncccn2)cc1. The Kier molecular flexibility index (Phi) is 8.61. The molecule has 3 rings (SSSR count). The van der Waals surface area contributed by atoms with E-state index in [2.05, 4.69) is 30.6 Å². The maximum absolute atomic E-state index is 12.5. The van der Waals surface area contributed by atoms with Gasteiger partial charge in [0.05, 0.1) is 5.69 Å². The predicted octanol–water partition coefficient (Wildman–Crippen LogP) is 3.16. The fraction of sp³-hybridized carbons (Fsp3) is 0.304. The third kappa shape index (κ3) is 6.56. The average Bonchev–Trinajstić information content (AvgIpc) is 2.85. The number of benzene rings is 1. The molecule has 2 N–H and O–H groups in total. The molecule has 0 aliphatic carbocycles. The number of carbonyl (C=O) groups is 2. The van der Waals surface area contributed by atoms with Gasteiger partial charge >= 0.3 is 0 Å². The number of unbranched alkanes of at least 4 members (excludes halogenated alkanes) is 3. The highest BCUT2D eigenvalue weighted by molar-refractivity contribution is 5.94. The molecular weight excluding hydrogens is 406 g/mol. The van der Waals surface area contributed by atoms with Gasteiger partial charge in [0.1, 0.15) is 0 Å². The molecule has 0 fully saturated rings. The van der Waals surface area contributed by atoms with Crippen molar-refractivity contribution >= 4 is 29.4 Å². The second kappa shape index (κ2) is 12.1. The fourth-order valence-corrected chi connectivity index (χ4v) is 3.09. The molecular formula is C23H27N7O2. The minimum absolute atomic E-state index is 0.0676. The quantitative estimate of drug-likeness (QED) is 0.447. The van der Waals surface area contributed by atoms with Gasteiger partial charge in [0.15, 0.2) is 0 Å². The number of nitrogens with zero attached hydrogens (tertiary/aromatic N) is 5. The van der Waals surface area contributed by atoms with Crippen LogP contribution in [0.15, 0.2) is 61.2 Å². The van der Waals surface area contributed by atoms with Crippen LogP contribution in [0.1, 0.15) is 42.5 Å². The molecule has 0 unspecified atom stereocenters. The Labute approximate surface area is 187 Å². The van der Waals surface area contributed by atoms with E-state index in [1.807, 2.05) is 12.1 Å². The summed E-state index contributed by atoms with van der Waals surface area (Å²) in [5, 5.41) is 5.56. The maximum atomic E-state index is 12.5.